The Morgan fingerprint density at radius 2 is 2.24 bits per heavy atom. The van der Waals surface area contributed by atoms with Gasteiger partial charge < -0.3 is 9.84 Å². The second-order valence-corrected chi connectivity index (χ2v) is 8.01. The number of halogens is 1. The number of ether oxygens (including phenoxy) is 1. The molecule has 1 fully saturated rings. The highest BCUT2D eigenvalue weighted by atomic mass is 79.9. The van der Waals surface area contributed by atoms with E-state index in [4.69, 9.17) is 4.74 Å². The van der Waals surface area contributed by atoms with Crippen molar-refractivity contribution in [2.75, 3.05) is 26.8 Å². The Labute approximate surface area is 134 Å². The van der Waals surface area contributed by atoms with Crippen LogP contribution in [0.2, 0.25) is 0 Å². The van der Waals surface area contributed by atoms with Gasteiger partial charge in [0.15, 0.2) is 0 Å². The van der Waals surface area contributed by atoms with Crippen molar-refractivity contribution in [3.05, 3.63) is 28.2 Å². The van der Waals surface area contributed by atoms with Gasteiger partial charge in [-0.15, -0.1) is 0 Å². The molecule has 21 heavy (non-hydrogen) atoms. The summed E-state index contributed by atoms with van der Waals surface area (Å²) in [4.78, 5) is 0.215. The molecule has 7 heteroatoms. The van der Waals surface area contributed by atoms with Crippen molar-refractivity contribution < 1.29 is 18.3 Å². The molecule has 0 radical (unpaired) electrons. The predicted molar refractivity (Wildman–Crippen MR) is 83.4 cm³/mol. The quantitative estimate of drug-likeness (QED) is 0.851. The first-order valence-corrected chi connectivity index (χ1v) is 9.10. The lowest BCUT2D eigenvalue weighted by Gasteiger charge is -2.31. The van der Waals surface area contributed by atoms with Crippen LogP contribution in [0.4, 0.5) is 0 Å². The van der Waals surface area contributed by atoms with Crippen molar-refractivity contribution in [2.45, 2.75) is 24.3 Å². The van der Waals surface area contributed by atoms with Crippen molar-refractivity contribution in [1.82, 2.24) is 4.31 Å². The Morgan fingerprint density at radius 3 is 2.90 bits per heavy atom. The first-order chi connectivity index (χ1) is 9.98. The maximum absolute atomic E-state index is 12.8. The van der Waals surface area contributed by atoms with E-state index in [2.05, 4.69) is 15.9 Å². The Bertz CT molecular complexity index is 589. The van der Waals surface area contributed by atoms with E-state index in [9.17, 15) is 13.5 Å². The van der Waals surface area contributed by atoms with Crippen molar-refractivity contribution in [2.24, 2.45) is 5.92 Å². The fraction of sp³-hybridized carbons (Fsp3) is 0.571. The zero-order valence-corrected chi connectivity index (χ0v) is 14.4. The molecule has 1 aromatic carbocycles. The van der Waals surface area contributed by atoms with E-state index in [1.807, 2.05) is 0 Å². The first-order valence-electron chi connectivity index (χ1n) is 6.87. The van der Waals surface area contributed by atoms with Crippen molar-refractivity contribution in [3.63, 3.8) is 0 Å². The van der Waals surface area contributed by atoms with Crippen LogP contribution >= 0.6 is 15.9 Å². The van der Waals surface area contributed by atoms with Crippen LogP contribution in [0.3, 0.4) is 0 Å². The molecule has 1 unspecified atom stereocenters. The van der Waals surface area contributed by atoms with Gasteiger partial charge in [-0.2, -0.15) is 4.31 Å². The molecule has 118 valence electrons. The Morgan fingerprint density at radius 1 is 1.48 bits per heavy atom. The average molecular weight is 378 g/mol. The largest absolute Gasteiger partial charge is 0.392 e. The van der Waals surface area contributed by atoms with Crippen molar-refractivity contribution in [3.8, 4) is 0 Å². The smallest absolute Gasteiger partial charge is 0.244 e. The van der Waals surface area contributed by atoms with Crippen LogP contribution in [-0.2, 0) is 21.4 Å². The lowest BCUT2D eigenvalue weighted by atomic mass is 10.0. The monoisotopic (exact) mass is 377 g/mol. The normalized spacial score (nSPS) is 20.6. The number of sulfonamides is 1. The molecule has 1 heterocycles. The Balaban J connectivity index is 2.29. The van der Waals surface area contributed by atoms with Gasteiger partial charge in [0.05, 0.1) is 18.1 Å². The SMILES string of the molecule is COCC1CCCN(S(=O)(=O)c2cc(CO)ccc2Br)C1. The molecule has 0 bridgehead atoms. The van der Waals surface area contributed by atoms with Crippen LogP contribution in [0.15, 0.2) is 27.6 Å². The molecule has 0 amide bonds. The van der Waals surface area contributed by atoms with E-state index in [-0.39, 0.29) is 17.4 Å². The lowest BCUT2D eigenvalue weighted by molar-refractivity contribution is 0.118. The second kappa shape index (κ2) is 7.19. The molecule has 0 aliphatic carbocycles. The van der Waals surface area contributed by atoms with Crippen LogP contribution in [0, 0.1) is 5.92 Å². The molecule has 1 N–H and O–H groups in total. The molecule has 5 nitrogen and oxygen atoms in total. The number of methoxy groups -OCH3 is 1. The van der Waals surface area contributed by atoms with Gasteiger partial charge in [0, 0.05) is 24.7 Å². The number of hydrogen-bond acceptors (Lipinski definition) is 4. The zero-order chi connectivity index (χ0) is 15.5. The standard InChI is InChI=1S/C14H20BrNO4S/c1-20-10-12-3-2-6-16(8-12)21(18,19)14-7-11(9-17)4-5-13(14)15/h4-5,7,12,17H,2-3,6,8-10H2,1H3. The summed E-state index contributed by atoms with van der Waals surface area (Å²) in [5, 5.41) is 9.20. The van der Waals surface area contributed by atoms with Gasteiger partial charge in [-0.25, -0.2) is 8.42 Å². The lowest BCUT2D eigenvalue weighted by Crippen LogP contribution is -2.41. The summed E-state index contributed by atoms with van der Waals surface area (Å²) in [6.45, 7) is 1.40. The minimum Gasteiger partial charge on any atom is -0.392 e. The molecule has 1 saturated heterocycles. The number of aliphatic hydroxyl groups excluding tert-OH is 1. The van der Waals surface area contributed by atoms with Crippen LogP contribution < -0.4 is 0 Å². The molecule has 0 spiro atoms. The highest BCUT2D eigenvalue weighted by molar-refractivity contribution is 9.10. The Hall–Kier alpha value is -0.470. The molecule has 1 atom stereocenters. The molecular weight excluding hydrogens is 358 g/mol. The van der Waals surface area contributed by atoms with Crippen molar-refractivity contribution in [1.29, 1.82) is 0 Å². The number of benzene rings is 1. The molecule has 1 aliphatic heterocycles. The summed E-state index contributed by atoms with van der Waals surface area (Å²) in [7, 11) is -1.92. The van der Waals surface area contributed by atoms with E-state index in [0.29, 0.717) is 29.7 Å². The minimum atomic E-state index is -3.56. The van der Waals surface area contributed by atoms with Gasteiger partial charge in [-0.3, -0.25) is 0 Å². The molecular formula is C14H20BrNO4S. The topological polar surface area (TPSA) is 66.8 Å². The van der Waals surface area contributed by atoms with Gasteiger partial charge in [0.1, 0.15) is 0 Å². The highest BCUT2D eigenvalue weighted by Gasteiger charge is 2.31. The van der Waals surface area contributed by atoms with Crippen LogP contribution in [0.1, 0.15) is 18.4 Å². The number of nitrogens with zero attached hydrogens (tertiary/aromatic N) is 1. The molecule has 2 rings (SSSR count). The summed E-state index contributed by atoms with van der Waals surface area (Å²) in [6.07, 6.45) is 1.82. The maximum Gasteiger partial charge on any atom is 0.244 e. The molecule has 0 aromatic heterocycles. The number of hydrogen-bond donors (Lipinski definition) is 1. The van der Waals surface area contributed by atoms with Gasteiger partial charge in [0.2, 0.25) is 10.0 Å². The first kappa shape index (κ1) is 16.9. The van der Waals surface area contributed by atoms with Crippen molar-refractivity contribution >= 4 is 26.0 Å². The van der Waals surface area contributed by atoms with E-state index in [1.165, 1.54) is 10.4 Å². The van der Waals surface area contributed by atoms with Gasteiger partial charge in [0.25, 0.3) is 0 Å². The third kappa shape index (κ3) is 3.84. The van der Waals surface area contributed by atoms with E-state index in [1.54, 1.807) is 19.2 Å². The summed E-state index contributed by atoms with van der Waals surface area (Å²) < 4.78 is 32.8. The summed E-state index contributed by atoms with van der Waals surface area (Å²) in [6, 6.07) is 4.89. The minimum absolute atomic E-state index is 0.178. The third-order valence-corrected chi connectivity index (χ3v) is 6.54. The molecule has 0 saturated carbocycles. The maximum atomic E-state index is 12.8. The van der Waals surface area contributed by atoms with Crippen LogP contribution in [0.25, 0.3) is 0 Å². The zero-order valence-electron chi connectivity index (χ0n) is 12.0. The number of rotatable bonds is 5. The third-order valence-electron chi connectivity index (χ3n) is 3.68. The van der Waals surface area contributed by atoms with E-state index in [0.717, 1.165) is 12.8 Å². The number of piperidine rings is 1. The predicted octanol–water partition coefficient (Wildman–Crippen LogP) is 1.99. The fourth-order valence-electron chi connectivity index (χ4n) is 2.60. The van der Waals surface area contributed by atoms with Crippen LogP contribution in [0.5, 0.6) is 0 Å². The second-order valence-electron chi connectivity index (χ2n) is 5.25. The summed E-state index contributed by atoms with van der Waals surface area (Å²) in [5.41, 5.74) is 0.585. The number of aliphatic hydroxyl groups is 1. The van der Waals surface area contributed by atoms with E-state index >= 15 is 0 Å². The van der Waals surface area contributed by atoms with Crippen LogP contribution in [-0.4, -0.2) is 44.6 Å². The fourth-order valence-corrected chi connectivity index (χ4v) is 5.13. The summed E-state index contributed by atoms with van der Waals surface area (Å²) >= 11 is 3.30. The van der Waals surface area contributed by atoms with Gasteiger partial charge in [-0.1, -0.05) is 6.07 Å². The molecule has 1 aliphatic rings. The summed E-state index contributed by atoms with van der Waals surface area (Å²) in [5.74, 6) is 0.235. The molecule has 1 aromatic rings. The Kier molecular flexibility index (Phi) is 5.79. The van der Waals surface area contributed by atoms with E-state index < -0.39 is 10.0 Å². The van der Waals surface area contributed by atoms with Gasteiger partial charge in [-0.05, 0) is 52.4 Å². The average Bonchev–Trinajstić information content (AvgIpc) is 2.48. The highest BCUT2D eigenvalue weighted by Crippen LogP contribution is 2.29. The van der Waals surface area contributed by atoms with Gasteiger partial charge >= 0.3 is 0 Å².